The third-order valence-corrected chi connectivity index (χ3v) is 3.23. The lowest BCUT2D eigenvalue weighted by molar-refractivity contribution is 0.425. The molecule has 0 radical (unpaired) electrons. The number of benzene rings is 2. The highest BCUT2D eigenvalue weighted by atomic mass is 19.1. The van der Waals surface area contributed by atoms with Gasteiger partial charge in [-0.15, -0.1) is 0 Å². The number of nitrogens with zero attached hydrogens (tertiary/aromatic N) is 1. The molecule has 2 aromatic carbocycles. The van der Waals surface area contributed by atoms with Crippen LogP contribution in [0.2, 0.25) is 0 Å². The van der Waals surface area contributed by atoms with E-state index in [0.29, 0.717) is 17.8 Å². The second kappa shape index (κ2) is 6.69. The second-order valence-corrected chi connectivity index (χ2v) is 4.73. The van der Waals surface area contributed by atoms with Crippen molar-refractivity contribution in [1.82, 2.24) is 0 Å². The summed E-state index contributed by atoms with van der Waals surface area (Å²) in [5.41, 5.74) is 1.05. The Bertz CT molecular complexity index is 622. The van der Waals surface area contributed by atoms with Crippen LogP contribution in [0, 0.1) is 11.6 Å². The minimum absolute atomic E-state index is 0.0783. The number of hydrogen-bond acceptors (Lipinski definition) is 3. The molecule has 0 heterocycles. The van der Waals surface area contributed by atoms with Gasteiger partial charge in [0.1, 0.15) is 11.6 Å². The van der Waals surface area contributed by atoms with Crippen LogP contribution >= 0.6 is 0 Å². The average molecular weight is 291 g/mol. The van der Waals surface area contributed by atoms with Crippen molar-refractivity contribution in [3.63, 3.8) is 0 Å². The van der Waals surface area contributed by atoms with Gasteiger partial charge in [0.05, 0.1) is 5.69 Å². The van der Waals surface area contributed by atoms with Crippen LogP contribution in [0.5, 0.6) is 0 Å². The zero-order valence-electron chi connectivity index (χ0n) is 11.6. The van der Waals surface area contributed by atoms with E-state index in [4.69, 9.17) is 10.0 Å². The molecule has 0 fully saturated rings. The average Bonchev–Trinajstić information content (AvgIpc) is 2.45. The Labute approximate surface area is 122 Å². The van der Waals surface area contributed by atoms with E-state index in [9.17, 15) is 8.78 Å². The summed E-state index contributed by atoms with van der Waals surface area (Å²) >= 11 is 0. The van der Waals surface area contributed by atoms with E-state index in [2.05, 4.69) is 0 Å². The van der Waals surface area contributed by atoms with Gasteiger partial charge < -0.3 is 14.9 Å². The van der Waals surface area contributed by atoms with Gasteiger partial charge in [-0.3, -0.25) is 0 Å². The fraction of sp³-hybridized carbons (Fsp3) is 0.200. The molecule has 3 nitrogen and oxygen atoms in total. The zero-order chi connectivity index (χ0) is 15.4. The van der Waals surface area contributed by atoms with Gasteiger partial charge in [-0.05, 0) is 42.2 Å². The van der Waals surface area contributed by atoms with Crippen LogP contribution in [-0.4, -0.2) is 23.7 Å². The van der Waals surface area contributed by atoms with Crippen LogP contribution in [0.15, 0.2) is 42.5 Å². The van der Waals surface area contributed by atoms with E-state index in [1.165, 1.54) is 18.2 Å². The summed E-state index contributed by atoms with van der Waals surface area (Å²) in [5, 5.41) is 18.3. The minimum Gasteiger partial charge on any atom is -0.423 e. The molecule has 0 atom stereocenters. The first kappa shape index (κ1) is 15.5. The Morgan fingerprint density at radius 3 is 2.43 bits per heavy atom. The van der Waals surface area contributed by atoms with Crippen LogP contribution in [0.25, 0.3) is 0 Å². The molecule has 0 saturated heterocycles. The highest BCUT2D eigenvalue weighted by Gasteiger charge is 2.15. The first-order chi connectivity index (χ1) is 10.0. The van der Waals surface area contributed by atoms with E-state index in [1.807, 2.05) is 6.92 Å². The Morgan fingerprint density at radius 1 is 1.10 bits per heavy atom. The molecule has 0 aliphatic rings. The van der Waals surface area contributed by atoms with E-state index in [1.54, 1.807) is 23.1 Å². The molecule has 110 valence electrons. The summed E-state index contributed by atoms with van der Waals surface area (Å²) < 4.78 is 27.3. The van der Waals surface area contributed by atoms with E-state index >= 15 is 0 Å². The summed E-state index contributed by atoms with van der Waals surface area (Å²) in [4.78, 5) is 1.75. The molecule has 0 saturated carbocycles. The first-order valence-electron chi connectivity index (χ1n) is 6.66. The molecular weight excluding hydrogens is 275 g/mol. The molecule has 2 rings (SSSR count). The van der Waals surface area contributed by atoms with Gasteiger partial charge in [0.15, 0.2) is 0 Å². The smallest absolute Gasteiger partial charge is 0.423 e. The molecule has 0 bridgehead atoms. The molecule has 0 aliphatic heterocycles. The summed E-state index contributed by atoms with van der Waals surface area (Å²) in [7, 11) is -1.73. The minimum atomic E-state index is -1.73. The van der Waals surface area contributed by atoms with Crippen LogP contribution in [0.4, 0.5) is 14.5 Å². The Kier molecular flexibility index (Phi) is 4.93. The van der Waals surface area contributed by atoms with Crippen LogP contribution < -0.4 is 10.4 Å². The van der Waals surface area contributed by atoms with Gasteiger partial charge in [-0.1, -0.05) is 18.2 Å². The highest BCUT2D eigenvalue weighted by Crippen LogP contribution is 2.20. The number of halogens is 2. The van der Waals surface area contributed by atoms with Crippen molar-refractivity contribution in [3.8, 4) is 0 Å². The quantitative estimate of drug-likeness (QED) is 0.824. The molecule has 21 heavy (non-hydrogen) atoms. The van der Waals surface area contributed by atoms with Crippen LogP contribution in [0.1, 0.15) is 12.5 Å². The summed E-state index contributed by atoms with van der Waals surface area (Å²) in [6.07, 6.45) is 0. The maximum absolute atomic E-state index is 13.8. The Morgan fingerprint density at radius 2 is 1.81 bits per heavy atom. The molecule has 6 heteroatoms. The Hall–Kier alpha value is -1.92. The molecule has 2 aromatic rings. The molecule has 0 aliphatic carbocycles. The van der Waals surface area contributed by atoms with Crippen molar-refractivity contribution in [2.75, 3.05) is 11.4 Å². The lowest BCUT2D eigenvalue weighted by Gasteiger charge is -2.24. The zero-order valence-corrected chi connectivity index (χ0v) is 11.6. The van der Waals surface area contributed by atoms with Crippen molar-refractivity contribution in [2.24, 2.45) is 0 Å². The predicted octanol–water partition coefficient (Wildman–Crippen LogP) is 1.67. The number of hydrogen-bond donors (Lipinski definition) is 2. The molecule has 0 amide bonds. The van der Waals surface area contributed by atoms with E-state index in [-0.39, 0.29) is 17.8 Å². The highest BCUT2D eigenvalue weighted by molar-refractivity contribution is 6.58. The van der Waals surface area contributed by atoms with Gasteiger partial charge >= 0.3 is 7.12 Å². The maximum atomic E-state index is 13.8. The molecule has 0 spiro atoms. The normalized spacial score (nSPS) is 10.5. The van der Waals surface area contributed by atoms with Gasteiger partial charge in [-0.2, -0.15) is 0 Å². The van der Waals surface area contributed by atoms with Crippen molar-refractivity contribution in [2.45, 2.75) is 13.5 Å². The van der Waals surface area contributed by atoms with E-state index < -0.39 is 12.9 Å². The largest absolute Gasteiger partial charge is 0.488 e. The Balaban J connectivity index is 2.29. The predicted molar refractivity (Wildman–Crippen MR) is 79.3 cm³/mol. The number of para-hydroxylation sites is 1. The first-order valence-corrected chi connectivity index (χ1v) is 6.66. The third-order valence-electron chi connectivity index (χ3n) is 3.23. The fourth-order valence-electron chi connectivity index (χ4n) is 2.21. The van der Waals surface area contributed by atoms with Crippen molar-refractivity contribution < 1.29 is 18.8 Å². The summed E-state index contributed by atoms with van der Waals surface area (Å²) in [6, 6.07) is 10.2. The van der Waals surface area contributed by atoms with Gasteiger partial charge in [0.25, 0.3) is 0 Å². The van der Waals surface area contributed by atoms with E-state index in [0.717, 1.165) is 6.07 Å². The molecule has 0 aromatic heterocycles. The van der Waals surface area contributed by atoms with Crippen molar-refractivity contribution in [1.29, 1.82) is 0 Å². The standard InChI is InChI=1S/C15H16BF2NO2/c1-2-19(15-6-4-3-5-14(15)18)10-11-7-12(16(20)21)9-13(17)8-11/h3-9,20-21H,2,10H2,1H3. The SMILES string of the molecule is CCN(Cc1cc(F)cc(B(O)O)c1)c1ccccc1F. The van der Waals surface area contributed by atoms with Gasteiger partial charge in [0.2, 0.25) is 0 Å². The topological polar surface area (TPSA) is 43.7 Å². The third kappa shape index (κ3) is 3.80. The lowest BCUT2D eigenvalue weighted by atomic mass is 9.79. The van der Waals surface area contributed by atoms with Crippen LogP contribution in [0.3, 0.4) is 0 Å². The molecular formula is C15H16BF2NO2. The number of rotatable bonds is 5. The van der Waals surface area contributed by atoms with Crippen molar-refractivity contribution in [3.05, 3.63) is 59.7 Å². The van der Waals surface area contributed by atoms with Crippen molar-refractivity contribution >= 4 is 18.3 Å². The molecule has 2 N–H and O–H groups in total. The second-order valence-electron chi connectivity index (χ2n) is 4.73. The molecule has 0 unspecified atom stereocenters. The monoisotopic (exact) mass is 291 g/mol. The maximum Gasteiger partial charge on any atom is 0.488 e. The van der Waals surface area contributed by atoms with Crippen LogP contribution in [-0.2, 0) is 6.54 Å². The van der Waals surface area contributed by atoms with Gasteiger partial charge in [0, 0.05) is 13.1 Å². The summed E-state index contributed by atoms with van der Waals surface area (Å²) in [5.74, 6) is -0.904. The lowest BCUT2D eigenvalue weighted by Crippen LogP contribution is -2.31. The van der Waals surface area contributed by atoms with Gasteiger partial charge in [-0.25, -0.2) is 8.78 Å². The fourth-order valence-corrected chi connectivity index (χ4v) is 2.21. The summed E-state index contributed by atoms with van der Waals surface area (Å²) in [6.45, 7) is 2.68. The number of anilines is 1.